The maximum atomic E-state index is 12.2. The molecule has 1 aliphatic carbocycles. The number of nitrogens with one attached hydrogen (secondary N) is 1. The molecule has 27 heavy (non-hydrogen) atoms. The van der Waals surface area contributed by atoms with Crippen LogP contribution in [-0.2, 0) is 9.53 Å². The number of nitrogens with zero attached hydrogens (tertiary/aromatic N) is 1. The molecule has 1 aromatic rings. The summed E-state index contributed by atoms with van der Waals surface area (Å²) in [6.45, 7) is 4.26. The number of amides is 1. The Labute approximate surface area is 162 Å². The summed E-state index contributed by atoms with van der Waals surface area (Å²) in [4.78, 5) is 14.7. The van der Waals surface area contributed by atoms with E-state index in [1.54, 1.807) is 0 Å². The first-order chi connectivity index (χ1) is 13.3. The fraction of sp³-hybridized carbons (Fsp3) is 0.682. The average Bonchev–Trinajstić information content (AvgIpc) is 2.74. The second kappa shape index (κ2) is 9.07. The number of unbranched alkanes of at least 4 members (excludes halogenated alkanes) is 1. The van der Waals surface area contributed by atoms with Gasteiger partial charge in [-0.2, -0.15) is 0 Å². The highest BCUT2D eigenvalue weighted by molar-refractivity contribution is 5.78. The summed E-state index contributed by atoms with van der Waals surface area (Å²) in [5.41, 5.74) is 1.18. The van der Waals surface area contributed by atoms with Gasteiger partial charge in [-0.3, -0.25) is 9.69 Å². The lowest BCUT2D eigenvalue weighted by molar-refractivity contribution is -0.125. The van der Waals surface area contributed by atoms with Crippen molar-refractivity contribution in [2.75, 3.05) is 32.8 Å². The highest BCUT2D eigenvalue weighted by Gasteiger charge is 2.38. The monoisotopic (exact) mass is 372 g/mol. The number of carbonyl (C=O) groups excluding carboxylic acids is 1. The van der Waals surface area contributed by atoms with Crippen LogP contribution in [0.5, 0.6) is 5.75 Å². The van der Waals surface area contributed by atoms with Crippen molar-refractivity contribution >= 4 is 5.91 Å². The smallest absolute Gasteiger partial charge is 0.223 e. The van der Waals surface area contributed by atoms with E-state index in [9.17, 15) is 4.79 Å². The second-order valence-corrected chi connectivity index (χ2v) is 8.08. The van der Waals surface area contributed by atoms with Crippen LogP contribution < -0.4 is 10.1 Å². The summed E-state index contributed by atoms with van der Waals surface area (Å²) in [6, 6.07) is 8.52. The van der Waals surface area contributed by atoms with Crippen molar-refractivity contribution in [2.45, 2.75) is 57.1 Å². The number of para-hydroxylation sites is 1. The Morgan fingerprint density at radius 3 is 2.89 bits per heavy atom. The lowest BCUT2D eigenvalue weighted by Gasteiger charge is -2.44. The number of hydrogen-bond donors (Lipinski definition) is 1. The molecule has 0 aromatic heterocycles. The predicted molar refractivity (Wildman–Crippen MR) is 105 cm³/mol. The third-order valence-electron chi connectivity index (χ3n) is 6.28. The first-order valence-electron chi connectivity index (χ1n) is 10.7. The number of rotatable bonds is 6. The van der Waals surface area contributed by atoms with Gasteiger partial charge >= 0.3 is 0 Å². The van der Waals surface area contributed by atoms with Crippen LogP contribution in [0.2, 0.25) is 0 Å². The van der Waals surface area contributed by atoms with E-state index in [2.05, 4.69) is 22.3 Å². The Kier molecular flexibility index (Phi) is 6.30. The zero-order valence-corrected chi connectivity index (χ0v) is 16.2. The second-order valence-electron chi connectivity index (χ2n) is 8.08. The Morgan fingerprint density at radius 1 is 1.15 bits per heavy atom. The average molecular weight is 373 g/mol. The third-order valence-corrected chi connectivity index (χ3v) is 6.28. The standard InChI is InChI=1S/C22H32N2O3/c25-22(17-8-2-1-3-9-17)23-12-6-7-13-24-14-15-26-21-18-10-4-5-11-20(18)27-16-19(21)24/h4-5,10-11,17,19,21H,1-3,6-9,12-16H2,(H,23,25)/t19-,21-/m1/s1. The van der Waals surface area contributed by atoms with E-state index in [1.807, 2.05) is 12.1 Å². The van der Waals surface area contributed by atoms with Crippen LogP contribution in [0.3, 0.4) is 0 Å². The fourth-order valence-electron chi connectivity index (χ4n) is 4.72. The van der Waals surface area contributed by atoms with Gasteiger partial charge in [0.05, 0.1) is 12.6 Å². The fourth-order valence-corrected chi connectivity index (χ4v) is 4.72. The van der Waals surface area contributed by atoms with Gasteiger partial charge in [0.15, 0.2) is 0 Å². The Balaban J connectivity index is 1.20. The topological polar surface area (TPSA) is 50.8 Å². The molecule has 0 radical (unpaired) electrons. The van der Waals surface area contributed by atoms with Crippen LogP contribution in [0, 0.1) is 5.92 Å². The Bertz CT molecular complexity index is 630. The minimum absolute atomic E-state index is 0.120. The molecule has 0 spiro atoms. The molecule has 4 rings (SSSR count). The normalized spacial score (nSPS) is 25.9. The van der Waals surface area contributed by atoms with E-state index in [0.717, 1.165) is 57.7 Å². The van der Waals surface area contributed by atoms with E-state index in [1.165, 1.54) is 24.8 Å². The number of ether oxygens (including phenoxy) is 2. The molecule has 2 heterocycles. The molecule has 1 aromatic carbocycles. The zero-order valence-electron chi connectivity index (χ0n) is 16.2. The molecule has 0 unspecified atom stereocenters. The van der Waals surface area contributed by atoms with Gasteiger partial charge in [-0.15, -0.1) is 0 Å². The van der Waals surface area contributed by atoms with Gasteiger partial charge in [0.1, 0.15) is 18.5 Å². The Morgan fingerprint density at radius 2 is 2.00 bits per heavy atom. The summed E-state index contributed by atoms with van der Waals surface area (Å²) in [6.07, 6.45) is 8.11. The molecule has 5 heteroatoms. The minimum Gasteiger partial charge on any atom is -0.491 e. The first kappa shape index (κ1) is 18.8. The third kappa shape index (κ3) is 4.46. The van der Waals surface area contributed by atoms with Crippen molar-refractivity contribution in [3.05, 3.63) is 29.8 Å². The molecular weight excluding hydrogens is 340 g/mol. The van der Waals surface area contributed by atoms with Crippen LogP contribution in [0.15, 0.2) is 24.3 Å². The number of carbonyl (C=O) groups is 1. The van der Waals surface area contributed by atoms with Gasteiger partial charge in [-0.05, 0) is 38.3 Å². The Hall–Kier alpha value is -1.59. The van der Waals surface area contributed by atoms with Crippen molar-refractivity contribution in [3.8, 4) is 5.75 Å². The largest absolute Gasteiger partial charge is 0.491 e. The molecule has 1 saturated carbocycles. The minimum atomic E-state index is 0.120. The molecule has 2 fully saturated rings. The lowest BCUT2D eigenvalue weighted by Crippen LogP contribution is -2.52. The molecule has 1 amide bonds. The lowest BCUT2D eigenvalue weighted by atomic mass is 9.89. The maximum absolute atomic E-state index is 12.2. The van der Waals surface area contributed by atoms with E-state index in [4.69, 9.17) is 9.47 Å². The van der Waals surface area contributed by atoms with Gasteiger partial charge in [0, 0.05) is 24.6 Å². The van der Waals surface area contributed by atoms with Crippen molar-refractivity contribution in [1.29, 1.82) is 0 Å². The van der Waals surface area contributed by atoms with Crippen LogP contribution in [0.25, 0.3) is 0 Å². The molecule has 1 N–H and O–H groups in total. The van der Waals surface area contributed by atoms with Gasteiger partial charge in [-0.1, -0.05) is 37.5 Å². The molecule has 3 aliphatic rings. The van der Waals surface area contributed by atoms with E-state index in [0.29, 0.717) is 12.6 Å². The van der Waals surface area contributed by atoms with Gasteiger partial charge < -0.3 is 14.8 Å². The summed E-state index contributed by atoms with van der Waals surface area (Å²) in [5.74, 6) is 1.50. The van der Waals surface area contributed by atoms with Gasteiger partial charge in [0.2, 0.25) is 5.91 Å². The highest BCUT2D eigenvalue weighted by Crippen LogP contribution is 2.38. The number of benzene rings is 1. The van der Waals surface area contributed by atoms with Crippen LogP contribution >= 0.6 is 0 Å². The first-order valence-corrected chi connectivity index (χ1v) is 10.7. The summed E-state index contributed by atoms with van der Waals surface area (Å²) < 4.78 is 12.1. The molecule has 1 saturated heterocycles. The van der Waals surface area contributed by atoms with Crippen molar-refractivity contribution in [1.82, 2.24) is 10.2 Å². The summed E-state index contributed by atoms with van der Waals surface area (Å²) in [7, 11) is 0. The molecule has 2 aliphatic heterocycles. The van der Waals surface area contributed by atoms with Crippen molar-refractivity contribution < 1.29 is 14.3 Å². The predicted octanol–water partition coefficient (Wildman–Crippen LogP) is 3.30. The van der Waals surface area contributed by atoms with Crippen LogP contribution in [0.1, 0.15) is 56.6 Å². The van der Waals surface area contributed by atoms with Gasteiger partial charge in [0.25, 0.3) is 0 Å². The van der Waals surface area contributed by atoms with Crippen LogP contribution in [-0.4, -0.2) is 49.7 Å². The van der Waals surface area contributed by atoms with Crippen LogP contribution in [0.4, 0.5) is 0 Å². The van der Waals surface area contributed by atoms with Crippen molar-refractivity contribution in [2.24, 2.45) is 5.92 Å². The number of fused-ring (bicyclic) bond motifs is 3. The summed E-state index contributed by atoms with van der Waals surface area (Å²) in [5, 5.41) is 3.15. The quantitative estimate of drug-likeness (QED) is 0.779. The number of hydrogen-bond acceptors (Lipinski definition) is 4. The summed E-state index contributed by atoms with van der Waals surface area (Å²) >= 11 is 0. The molecular formula is C22H32N2O3. The molecule has 5 nitrogen and oxygen atoms in total. The molecule has 148 valence electrons. The van der Waals surface area contributed by atoms with E-state index >= 15 is 0 Å². The SMILES string of the molecule is O=C(NCCCCN1CCO[C@@H]2c3ccccc3OC[C@H]21)C1CCCCC1. The number of morpholine rings is 1. The van der Waals surface area contributed by atoms with Crippen molar-refractivity contribution in [3.63, 3.8) is 0 Å². The van der Waals surface area contributed by atoms with Gasteiger partial charge in [-0.25, -0.2) is 0 Å². The van der Waals surface area contributed by atoms with E-state index < -0.39 is 0 Å². The maximum Gasteiger partial charge on any atom is 0.223 e. The molecule has 0 bridgehead atoms. The van der Waals surface area contributed by atoms with E-state index in [-0.39, 0.29) is 17.9 Å². The molecule has 2 atom stereocenters. The zero-order chi connectivity index (χ0) is 18.5. The highest BCUT2D eigenvalue weighted by atomic mass is 16.5.